The highest BCUT2D eigenvalue weighted by atomic mass is 16.5. The summed E-state index contributed by atoms with van der Waals surface area (Å²) in [6.45, 7) is 2.46. The first kappa shape index (κ1) is 13.1. The summed E-state index contributed by atoms with van der Waals surface area (Å²) in [6.07, 6.45) is 0.843. The van der Waals surface area contributed by atoms with Gasteiger partial charge in [-0.25, -0.2) is 0 Å². The lowest BCUT2D eigenvalue weighted by molar-refractivity contribution is -0.134. The molecule has 1 heterocycles. The third kappa shape index (κ3) is 3.09. The molecule has 1 aromatic rings. The van der Waals surface area contributed by atoms with Crippen molar-refractivity contribution in [2.24, 2.45) is 11.7 Å². The van der Waals surface area contributed by atoms with Gasteiger partial charge in [0.1, 0.15) is 0 Å². The maximum atomic E-state index is 12.1. The Morgan fingerprint density at radius 3 is 2.61 bits per heavy atom. The number of carbonyl (C=O) groups is 1. The van der Waals surface area contributed by atoms with Crippen molar-refractivity contribution in [1.29, 1.82) is 0 Å². The number of nitrogens with zero attached hydrogens (tertiary/aromatic N) is 1. The topological polar surface area (TPSA) is 55.6 Å². The van der Waals surface area contributed by atoms with Crippen molar-refractivity contribution in [1.82, 2.24) is 4.90 Å². The predicted molar refractivity (Wildman–Crippen MR) is 69.7 cm³/mol. The van der Waals surface area contributed by atoms with Crippen molar-refractivity contribution in [3.63, 3.8) is 0 Å². The highest BCUT2D eigenvalue weighted by molar-refractivity contribution is 5.78. The highest BCUT2D eigenvalue weighted by Gasteiger charge is 2.26. The Labute approximate surface area is 108 Å². The van der Waals surface area contributed by atoms with E-state index in [2.05, 4.69) is 0 Å². The van der Waals surface area contributed by atoms with Crippen molar-refractivity contribution in [2.75, 3.05) is 20.3 Å². The van der Waals surface area contributed by atoms with Gasteiger partial charge >= 0.3 is 0 Å². The van der Waals surface area contributed by atoms with Crippen LogP contribution in [0, 0.1) is 5.92 Å². The quantitative estimate of drug-likeness (QED) is 0.869. The zero-order chi connectivity index (χ0) is 13.0. The Hall–Kier alpha value is -1.39. The van der Waals surface area contributed by atoms with Crippen LogP contribution in [-0.2, 0) is 22.6 Å². The van der Waals surface area contributed by atoms with Crippen LogP contribution in [0.3, 0.4) is 0 Å². The molecule has 1 aliphatic heterocycles. The van der Waals surface area contributed by atoms with E-state index in [1.54, 1.807) is 4.90 Å². The van der Waals surface area contributed by atoms with Gasteiger partial charge in [-0.3, -0.25) is 4.79 Å². The third-order valence-corrected chi connectivity index (χ3v) is 3.33. The van der Waals surface area contributed by atoms with Crippen molar-refractivity contribution in [3.05, 3.63) is 35.4 Å². The minimum atomic E-state index is 0.0401. The van der Waals surface area contributed by atoms with Crippen molar-refractivity contribution in [3.8, 4) is 0 Å². The Balaban J connectivity index is 1.92. The smallest absolute Gasteiger partial charge is 0.228 e. The zero-order valence-electron chi connectivity index (χ0n) is 10.8. The van der Waals surface area contributed by atoms with Gasteiger partial charge in [0, 0.05) is 26.7 Å². The molecule has 1 atom stereocenters. The fourth-order valence-electron chi connectivity index (χ4n) is 2.17. The fourth-order valence-corrected chi connectivity index (χ4v) is 2.17. The van der Waals surface area contributed by atoms with Gasteiger partial charge in [0.15, 0.2) is 0 Å². The molecule has 0 spiro atoms. The molecule has 1 unspecified atom stereocenters. The maximum Gasteiger partial charge on any atom is 0.228 e. The lowest BCUT2D eigenvalue weighted by Crippen LogP contribution is -2.32. The van der Waals surface area contributed by atoms with E-state index in [0.29, 0.717) is 26.3 Å². The summed E-state index contributed by atoms with van der Waals surface area (Å²) in [5.41, 5.74) is 7.79. The number of carbonyl (C=O) groups excluding carboxylic acids is 1. The largest absolute Gasteiger partial charge is 0.381 e. The van der Waals surface area contributed by atoms with Gasteiger partial charge < -0.3 is 15.4 Å². The van der Waals surface area contributed by atoms with E-state index in [-0.39, 0.29) is 11.8 Å². The molecule has 98 valence electrons. The van der Waals surface area contributed by atoms with E-state index < -0.39 is 0 Å². The number of rotatable bonds is 4. The van der Waals surface area contributed by atoms with Crippen LogP contribution in [0.4, 0.5) is 0 Å². The molecule has 0 aromatic heterocycles. The summed E-state index contributed by atoms with van der Waals surface area (Å²) in [4.78, 5) is 13.9. The monoisotopic (exact) mass is 248 g/mol. The Bertz CT molecular complexity index is 397. The second-order valence-corrected chi connectivity index (χ2v) is 4.78. The van der Waals surface area contributed by atoms with Crippen molar-refractivity contribution < 1.29 is 9.53 Å². The van der Waals surface area contributed by atoms with Crippen LogP contribution in [-0.4, -0.2) is 31.1 Å². The summed E-state index contributed by atoms with van der Waals surface area (Å²) in [5.74, 6) is 0.216. The molecular formula is C14H20N2O2. The average molecular weight is 248 g/mol. The molecule has 4 nitrogen and oxygen atoms in total. The minimum absolute atomic E-state index is 0.0401. The number of nitrogens with two attached hydrogens (primary N) is 1. The first-order valence-electron chi connectivity index (χ1n) is 6.31. The van der Waals surface area contributed by atoms with Crippen LogP contribution in [0.5, 0.6) is 0 Å². The summed E-state index contributed by atoms with van der Waals surface area (Å²) >= 11 is 0. The van der Waals surface area contributed by atoms with Gasteiger partial charge in [0.2, 0.25) is 5.91 Å². The summed E-state index contributed by atoms with van der Waals surface area (Å²) < 4.78 is 5.25. The van der Waals surface area contributed by atoms with E-state index in [1.165, 1.54) is 0 Å². The molecule has 1 aromatic carbocycles. The first-order chi connectivity index (χ1) is 8.70. The lowest BCUT2D eigenvalue weighted by atomic mass is 10.1. The molecule has 1 amide bonds. The number of benzene rings is 1. The van der Waals surface area contributed by atoms with Crippen molar-refractivity contribution in [2.45, 2.75) is 19.5 Å². The van der Waals surface area contributed by atoms with E-state index in [1.807, 2.05) is 31.3 Å². The molecule has 0 bridgehead atoms. The summed E-state index contributed by atoms with van der Waals surface area (Å²) in [6, 6.07) is 8.06. The van der Waals surface area contributed by atoms with Crippen LogP contribution >= 0.6 is 0 Å². The molecule has 18 heavy (non-hydrogen) atoms. The molecule has 0 saturated carbocycles. The molecule has 2 rings (SSSR count). The standard InChI is InChI=1S/C14H20N2O2/c1-16(14(17)13-6-7-18-10-13)9-12-4-2-11(8-15)3-5-12/h2-5,13H,6-10,15H2,1H3. The second kappa shape index (κ2) is 5.98. The maximum absolute atomic E-state index is 12.1. The van der Waals surface area contributed by atoms with Crippen LogP contribution < -0.4 is 5.73 Å². The lowest BCUT2D eigenvalue weighted by Gasteiger charge is -2.20. The van der Waals surface area contributed by atoms with E-state index in [9.17, 15) is 4.79 Å². The molecule has 4 heteroatoms. The minimum Gasteiger partial charge on any atom is -0.381 e. The van der Waals surface area contributed by atoms with Crippen LogP contribution in [0.15, 0.2) is 24.3 Å². The van der Waals surface area contributed by atoms with Crippen LogP contribution in [0.25, 0.3) is 0 Å². The molecule has 2 N–H and O–H groups in total. The average Bonchev–Trinajstić information content (AvgIpc) is 2.92. The Morgan fingerprint density at radius 2 is 2.06 bits per heavy atom. The van der Waals surface area contributed by atoms with Gasteiger partial charge in [0.05, 0.1) is 12.5 Å². The number of hydrogen-bond donors (Lipinski definition) is 1. The van der Waals surface area contributed by atoms with Gasteiger partial charge in [-0.05, 0) is 17.5 Å². The zero-order valence-corrected chi connectivity index (χ0v) is 10.8. The van der Waals surface area contributed by atoms with Gasteiger partial charge in [-0.2, -0.15) is 0 Å². The fraction of sp³-hybridized carbons (Fsp3) is 0.500. The predicted octanol–water partition coefficient (Wildman–Crippen LogP) is 1.14. The SMILES string of the molecule is CN(Cc1ccc(CN)cc1)C(=O)C1CCOC1. The molecule has 1 saturated heterocycles. The van der Waals surface area contributed by atoms with E-state index >= 15 is 0 Å². The number of amides is 1. The van der Waals surface area contributed by atoms with Gasteiger partial charge in [-0.1, -0.05) is 24.3 Å². The Kier molecular flexibility index (Phi) is 4.33. The summed E-state index contributed by atoms with van der Waals surface area (Å²) in [7, 11) is 1.84. The van der Waals surface area contributed by atoms with Gasteiger partial charge in [0.25, 0.3) is 0 Å². The molecule has 1 aliphatic rings. The number of hydrogen-bond acceptors (Lipinski definition) is 3. The van der Waals surface area contributed by atoms with Crippen LogP contribution in [0.2, 0.25) is 0 Å². The normalized spacial score (nSPS) is 18.9. The third-order valence-electron chi connectivity index (χ3n) is 3.33. The van der Waals surface area contributed by atoms with E-state index in [4.69, 9.17) is 10.5 Å². The van der Waals surface area contributed by atoms with Gasteiger partial charge in [-0.15, -0.1) is 0 Å². The molecular weight excluding hydrogens is 228 g/mol. The van der Waals surface area contributed by atoms with E-state index in [0.717, 1.165) is 17.5 Å². The number of ether oxygens (including phenoxy) is 1. The Morgan fingerprint density at radius 1 is 1.39 bits per heavy atom. The molecule has 1 fully saturated rings. The molecule has 0 radical (unpaired) electrons. The highest BCUT2D eigenvalue weighted by Crippen LogP contribution is 2.16. The second-order valence-electron chi connectivity index (χ2n) is 4.78. The molecule has 0 aliphatic carbocycles. The van der Waals surface area contributed by atoms with Crippen LogP contribution in [0.1, 0.15) is 17.5 Å². The summed E-state index contributed by atoms with van der Waals surface area (Å²) in [5, 5.41) is 0. The first-order valence-corrected chi connectivity index (χ1v) is 6.31. The van der Waals surface area contributed by atoms with Crippen molar-refractivity contribution >= 4 is 5.91 Å².